The van der Waals surface area contributed by atoms with E-state index in [4.69, 9.17) is 16.3 Å². The molecular weight excluding hydrogens is 388 g/mol. The van der Waals surface area contributed by atoms with Crippen LogP contribution in [0.1, 0.15) is 66.2 Å². The first-order valence-electron chi connectivity index (χ1n) is 11.2. The van der Waals surface area contributed by atoms with Crippen molar-refractivity contribution in [3.8, 4) is 0 Å². The van der Waals surface area contributed by atoms with Gasteiger partial charge < -0.3 is 4.74 Å². The largest absolute Gasteiger partial charge is 0.451 e. The van der Waals surface area contributed by atoms with Crippen LogP contribution >= 0.6 is 11.6 Å². The molecule has 5 aliphatic carbocycles. The van der Waals surface area contributed by atoms with Gasteiger partial charge in [-0.2, -0.15) is 0 Å². The number of esters is 1. The van der Waals surface area contributed by atoms with Crippen molar-refractivity contribution in [1.82, 2.24) is 0 Å². The Hall–Kier alpha value is -1.16. The van der Waals surface area contributed by atoms with Crippen LogP contribution in [0, 0.1) is 40.4 Å². The number of carbonyl (C=O) groups is 3. The average Bonchev–Trinajstić information content (AvgIpc) is 3.39. The molecule has 5 heteroatoms. The minimum absolute atomic E-state index is 0.00184. The van der Waals surface area contributed by atoms with Crippen LogP contribution in [0.2, 0.25) is 0 Å². The first-order valence-corrected chi connectivity index (χ1v) is 11.6. The van der Waals surface area contributed by atoms with E-state index in [1.807, 2.05) is 6.08 Å². The van der Waals surface area contributed by atoms with E-state index in [-0.39, 0.29) is 39.7 Å². The van der Waals surface area contributed by atoms with Gasteiger partial charge in [0.2, 0.25) is 0 Å². The van der Waals surface area contributed by atoms with Crippen LogP contribution in [0.25, 0.3) is 0 Å². The Kier molecular flexibility index (Phi) is 4.07. The first-order chi connectivity index (χ1) is 13.6. The van der Waals surface area contributed by atoms with Gasteiger partial charge in [-0.3, -0.25) is 14.4 Å². The molecule has 29 heavy (non-hydrogen) atoms. The second-order valence-electron chi connectivity index (χ2n) is 10.8. The van der Waals surface area contributed by atoms with E-state index >= 15 is 0 Å². The summed E-state index contributed by atoms with van der Waals surface area (Å²) in [4.78, 5) is 37.2. The zero-order chi connectivity index (χ0) is 20.9. The van der Waals surface area contributed by atoms with Crippen LogP contribution in [0.15, 0.2) is 11.6 Å². The fourth-order valence-corrected chi connectivity index (χ4v) is 9.01. The number of ether oxygens (including phenoxy) is 1. The molecule has 0 aromatic rings. The molecule has 0 spiro atoms. The van der Waals surface area contributed by atoms with Crippen molar-refractivity contribution in [3.63, 3.8) is 0 Å². The van der Waals surface area contributed by atoms with Crippen molar-refractivity contribution < 1.29 is 19.1 Å². The van der Waals surface area contributed by atoms with E-state index in [1.54, 1.807) is 6.92 Å². The molecule has 0 saturated heterocycles. The van der Waals surface area contributed by atoms with E-state index in [0.717, 1.165) is 32.1 Å². The predicted molar refractivity (Wildman–Crippen MR) is 109 cm³/mol. The van der Waals surface area contributed by atoms with Crippen molar-refractivity contribution in [2.45, 2.75) is 77.2 Å². The summed E-state index contributed by atoms with van der Waals surface area (Å²) in [6.45, 7) is 7.51. The van der Waals surface area contributed by atoms with Gasteiger partial charge in [-0.1, -0.05) is 13.8 Å². The van der Waals surface area contributed by atoms with Crippen molar-refractivity contribution in [2.75, 3.05) is 0 Å². The standard InChI is InChI=1S/C24H31ClO4/c1-12(26)24(29-13(2)27)8-6-16-14-10-20(25)19-11-21(28)15-9-18(15)23(19,4)17(14)5-7-22(16,24)3/h11,14-18,20H,5-10H2,1-4H3/t14-,15?,16-,17+,18?,20+,22-,23+,24-/m0/s1. The van der Waals surface area contributed by atoms with Crippen LogP contribution in [-0.2, 0) is 19.1 Å². The van der Waals surface area contributed by atoms with Gasteiger partial charge in [0.05, 0.1) is 5.38 Å². The molecule has 0 amide bonds. The number of hydrogen-bond acceptors (Lipinski definition) is 4. The highest BCUT2D eigenvalue weighted by Crippen LogP contribution is 2.73. The maximum absolute atomic E-state index is 12.8. The van der Waals surface area contributed by atoms with Crippen LogP contribution < -0.4 is 0 Å². The molecule has 158 valence electrons. The fourth-order valence-electron chi connectivity index (χ4n) is 8.51. The lowest BCUT2D eigenvalue weighted by atomic mass is 9.46. The third-order valence-corrected chi connectivity index (χ3v) is 10.3. The molecule has 4 fully saturated rings. The molecular formula is C24H31ClO4. The Morgan fingerprint density at radius 3 is 2.41 bits per heavy atom. The van der Waals surface area contributed by atoms with Crippen LogP contribution in [-0.4, -0.2) is 28.5 Å². The second-order valence-corrected chi connectivity index (χ2v) is 11.3. The smallest absolute Gasteiger partial charge is 0.303 e. The van der Waals surface area contributed by atoms with Crippen molar-refractivity contribution >= 4 is 29.1 Å². The molecule has 4 saturated carbocycles. The summed E-state index contributed by atoms with van der Waals surface area (Å²) in [5, 5.41) is -0.116. The third kappa shape index (κ3) is 2.30. The van der Waals surface area contributed by atoms with E-state index in [2.05, 4.69) is 13.8 Å². The van der Waals surface area contributed by atoms with Crippen molar-refractivity contribution in [2.24, 2.45) is 40.4 Å². The molecule has 0 N–H and O–H groups in total. The summed E-state index contributed by atoms with van der Waals surface area (Å²) < 4.78 is 5.84. The van der Waals surface area contributed by atoms with Gasteiger partial charge in [0.25, 0.3) is 0 Å². The molecule has 5 rings (SSSR count). The fraction of sp³-hybridized carbons (Fsp3) is 0.792. The van der Waals surface area contributed by atoms with Gasteiger partial charge in [0.1, 0.15) is 0 Å². The van der Waals surface area contributed by atoms with Crippen LogP contribution in [0.4, 0.5) is 0 Å². The van der Waals surface area contributed by atoms with E-state index < -0.39 is 5.60 Å². The molecule has 0 bridgehead atoms. The van der Waals surface area contributed by atoms with Crippen LogP contribution in [0.5, 0.6) is 0 Å². The number of Topliss-reactive ketones (excluding diaryl/α,β-unsaturated/α-hetero) is 1. The summed E-state index contributed by atoms with van der Waals surface area (Å²) >= 11 is 6.93. The van der Waals surface area contributed by atoms with Gasteiger partial charge in [0, 0.05) is 18.3 Å². The number of carbonyl (C=O) groups excluding carboxylic acids is 3. The Balaban J connectivity index is 1.55. The highest BCUT2D eigenvalue weighted by molar-refractivity contribution is 6.23. The highest BCUT2D eigenvalue weighted by atomic mass is 35.5. The Bertz CT molecular complexity index is 848. The van der Waals surface area contributed by atoms with Crippen LogP contribution in [0.3, 0.4) is 0 Å². The zero-order valence-electron chi connectivity index (χ0n) is 17.8. The maximum Gasteiger partial charge on any atom is 0.303 e. The Morgan fingerprint density at radius 1 is 1.07 bits per heavy atom. The number of allylic oxidation sites excluding steroid dienone is 1. The monoisotopic (exact) mass is 418 g/mol. The molecule has 4 nitrogen and oxygen atoms in total. The lowest BCUT2D eigenvalue weighted by Crippen LogP contribution is -2.59. The number of ketones is 2. The molecule has 0 aliphatic heterocycles. The summed E-state index contributed by atoms with van der Waals surface area (Å²) in [6.07, 6.45) is 7.12. The SMILES string of the molecule is CC(=O)O[C@]1(C(C)=O)CC[C@H]2[C@@H]3C[C@@H](Cl)C4=CC(=O)C5CC5[C@@]4(C)[C@@H]3CC[C@@]21C. The molecule has 2 unspecified atom stereocenters. The van der Waals surface area contributed by atoms with E-state index in [0.29, 0.717) is 30.1 Å². The molecule has 0 radical (unpaired) electrons. The highest BCUT2D eigenvalue weighted by Gasteiger charge is 2.71. The van der Waals surface area contributed by atoms with Gasteiger partial charge in [-0.05, 0) is 86.2 Å². The Labute approximate surface area is 177 Å². The summed E-state index contributed by atoms with van der Waals surface area (Å²) in [6, 6.07) is 0. The topological polar surface area (TPSA) is 60.4 Å². The summed E-state index contributed by atoms with van der Waals surface area (Å²) in [7, 11) is 0. The van der Waals surface area contributed by atoms with Crippen molar-refractivity contribution in [3.05, 3.63) is 11.6 Å². The molecule has 9 atom stereocenters. The molecule has 0 aromatic heterocycles. The minimum Gasteiger partial charge on any atom is -0.451 e. The quantitative estimate of drug-likeness (QED) is 0.490. The molecule has 0 aromatic carbocycles. The number of alkyl halides is 1. The number of hydrogen-bond donors (Lipinski definition) is 0. The summed E-state index contributed by atoms with van der Waals surface area (Å²) in [5.74, 6) is 1.73. The first kappa shape index (κ1) is 19.8. The Morgan fingerprint density at radius 2 is 1.76 bits per heavy atom. The number of fused-ring (bicyclic) bond motifs is 7. The van der Waals surface area contributed by atoms with Crippen molar-refractivity contribution in [1.29, 1.82) is 0 Å². The third-order valence-electron chi connectivity index (χ3n) is 9.88. The normalized spacial score (nSPS) is 52.4. The summed E-state index contributed by atoms with van der Waals surface area (Å²) in [5.41, 5.74) is -0.174. The zero-order valence-corrected chi connectivity index (χ0v) is 18.6. The van der Waals surface area contributed by atoms with Gasteiger partial charge in [-0.25, -0.2) is 0 Å². The number of rotatable bonds is 2. The van der Waals surface area contributed by atoms with E-state index in [9.17, 15) is 14.4 Å². The lowest BCUT2D eigenvalue weighted by Gasteiger charge is -2.60. The lowest BCUT2D eigenvalue weighted by molar-refractivity contribution is -0.187. The van der Waals surface area contributed by atoms with Gasteiger partial charge >= 0.3 is 5.97 Å². The number of halogens is 1. The van der Waals surface area contributed by atoms with E-state index in [1.165, 1.54) is 12.5 Å². The maximum atomic E-state index is 12.8. The second kappa shape index (κ2) is 5.96. The van der Waals surface area contributed by atoms with Gasteiger partial charge in [0.15, 0.2) is 17.2 Å². The van der Waals surface area contributed by atoms with Gasteiger partial charge in [-0.15, -0.1) is 11.6 Å². The molecule has 5 aliphatic rings. The predicted octanol–water partition coefficient (Wildman–Crippen LogP) is 4.48. The minimum atomic E-state index is -1.00. The average molecular weight is 419 g/mol. The molecule has 0 heterocycles.